The fraction of sp³-hybridized carbons (Fsp3) is 0.500. The lowest BCUT2D eigenvalue weighted by atomic mass is 9.95. The van der Waals surface area contributed by atoms with Crippen molar-refractivity contribution in [3.63, 3.8) is 0 Å². The van der Waals surface area contributed by atoms with E-state index in [4.69, 9.17) is 23.2 Å². The lowest BCUT2D eigenvalue weighted by Crippen LogP contribution is -2.38. The summed E-state index contributed by atoms with van der Waals surface area (Å²) >= 11 is 11.8. The lowest BCUT2D eigenvalue weighted by Gasteiger charge is -2.20. The Balaban J connectivity index is 1.64. The predicted octanol–water partition coefficient (Wildman–Crippen LogP) is 5.24. The summed E-state index contributed by atoms with van der Waals surface area (Å²) < 4.78 is 0. The van der Waals surface area contributed by atoms with Crippen molar-refractivity contribution >= 4 is 45.7 Å². The summed E-state index contributed by atoms with van der Waals surface area (Å²) in [5.74, 6) is 0.360. The smallest absolute Gasteiger partial charge is 0.226 e. The van der Waals surface area contributed by atoms with Gasteiger partial charge < -0.3 is 10.6 Å². The van der Waals surface area contributed by atoms with E-state index in [2.05, 4.69) is 15.6 Å². The molecule has 26 heavy (non-hydrogen) atoms. The number of hydrogen-bond acceptors (Lipinski definition) is 3. The quantitative estimate of drug-likeness (QED) is 0.427. The summed E-state index contributed by atoms with van der Waals surface area (Å²) in [6.07, 6.45) is 6.08. The van der Waals surface area contributed by atoms with Crippen molar-refractivity contribution in [1.29, 1.82) is 0 Å². The number of carbonyl (C=O) groups excluding carboxylic acids is 1. The number of pyridine rings is 1. The molecule has 1 aromatic heterocycles. The molecule has 0 unspecified atom stereocenters. The molecule has 0 aliphatic heterocycles. The molecule has 1 amide bonds. The van der Waals surface area contributed by atoms with Crippen LogP contribution in [-0.4, -0.2) is 29.9 Å². The second kappa shape index (κ2) is 9.98. The Morgan fingerprint density at radius 1 is 1.12 bits per heavy atom. The minimum atomic E-state index is -0.497. The number of alkyl halides is 1. The molecule has 0 aliphatic carbocycles. The van der Waals surface area contributed by atoms with Gasteiger partial charge in [0.15, 0.2) is 0 Å². The molecule has 142 valence electrons. The fourth-order valence-electron chi connectivity index (χ4n) is 2.60. The average molecular weight is 396 g/mol. The van der Waals surface area contributed by atoms with Gasteiger partial charge >= 0.3 is 0 Å². The first kappa shape index (κ1) is 20.8. The molecule has 2 rings (SSSR count). The molecule has 6 heteroatoms. The van der Waals surface area contributed by atoms with Crippen LogP contribution in [0.15, 0.2) is 30.5 Å². The first-order valence-corrected chi connectivity index (χ1v) is 9.98. The zero-order valence-electron chi connectivity index (χ0n) is 15.4. The van der Waals surface area contributed by atoms with Gasteiger partial charge in [-0.15, -0.1) is 11.6 Å². The Kier molecular flexibility index (Phi) is 7.98. The number of benzene rings is 1. The van der Waals surface area contributed by atoms with E-state index in [0.717, 1.165) is 48.8 Å². The van der Waals surface area contributed by atoms with Crippen LogP contribution in [-0.2, 0) is 4.79 Å². The summed E-state index contributed by atoms with van der Waals surface area (Å²) in [4.78, 5) is 16.2. The molecule has 1 aromatic carbocycles. The molecule has 0 radical (unpaired) electrons. The van der Waals surface area contributed by atoms with Crippen molar-refractivity contribution in [2.24, 2.45) is 5.41 Å². The number of hydrogen-bond donors (Lipinski definition) is 2. The summed E-state index contributed by atoms with van der Waals surface area (Å²) in [5, 5.41) is 8.22. The Bertz CT molecular complexity index is 734. The van der Waals surface area contributed by atoms with Crippen LogP contribution >= 0.6 is 23.2 Å². The maximum atomic E-state index is 11.9. The van der Waals surface area contributed by atoms with Gasteiger partial charge in [0.2, 0.25) is 5.91 Å². The van der Waals surface area contributed by atoms with Crippen molar-refractivity contribution in [2.75, 3.05) is 24.3 Å². The van der Waals surface area contributed by atoms with Gasteiger partial charge in [-0.3, -0.25) is 9.78 Å². The van der Waals surface area contributed by atoms with Crippen LogP contribution in [0.2, 0.25) is 5.02 Å². The molecule has 2 N–H and O–H groups in total. The third-order valence-electron chi connectivity index (χ3n) is 4.36. The van der Waals surface area contributed by atoms with Crippen LogP contribution in [0.3, 0.4) is 0 Å². The Labute approximate surface area is 165 Å². The number of anilines is 1. The second-order valence-corrected chi connectivity index (χ2v) is 7.84. The number of fused-ring (bicyclic) bond motifs is 1. The topological polar surface area (TPSA) is 54.0 Å². The zero-order chi connectivity index (χ0) is 19.0. The van der Waals surface area contributed by atoms with Gasteiger partial charge in [0.1, 0.15) is 0 Å². The Hall–Kier alpha value is -1.52. The lowest BCUT2D eigenvalue weighted by molar-refractivity contribution is -0.128. The number of nitrogens with one attached hydrogen (secondary N) is 2. The summed E-state index contributed by atoms with van der Waals surface area (Å²) in [6.45, 7) is 5.34. The Morgan fingerprint density at radius 3 is 2.58 bits per heavy atom. The molecule has 0 spiro atoms. The first-order valence-electron chi connectivity index (χ1n) is 9.06. The third kappa shape index (κ3) is 6.03. The summed E-state index contributed by atoms with van der Waals surface area (Å²) in [7, 11) is 0. The standard InChI is InChI=1S/C20H27Cl2N3O/c1-20(2,14-21)19(26)25-11-6-4-3-5-10-23-17-9-12-24-18-13-15(22)7-8-16(17)18/h7-9,12-13H,3-6,10-11,14H2,1-2H3,(H,23,24)(H,25,26). The van der Waals surface area contributed by atoms with Crippen molar-refractivity contribution in [2.45, 2.75) is 39.5 Å². The maximum Gasteiger partial charge on any atom is 0.226 e. The first-order chi connectivity index (χ1) is 12.4. The Morgan fingerprint density at radius 2 is 1.85 bits per heavy atom. The molecule has 1 heterocycles. The van der Waals surface area contributed by atoms with Crippen molar-refractivity contribution in [3.05, 3.63) is 35.5 Å². The van der Waals surface area contributed by atoms with Gasteiger partial charge in [0, 0.05) is 41.3 Å². The number of halogens is 2. The highest BCUT2D eigenvalue weighted by atomic mass is 35.5. The van der Waals surface area contributed by atoms with E-state index in [-0.39, 0.29) is 5.91 Å². The minimum Gasteiger partial charge on any atom is -0.384 e. The van der Waals surface area contributed by atoms with Crippen LogP contribution in [0.5, 0.6) is 0 Å². The zero-order valence-corrected chi connectivity index (χ0v) is 17.0. The molecule has 0 aliphatic rings. The van der Waals surface area contributed by atoms with Gasteiger partial charge in [-0.2, -0.15) is 0 Å². The monoisotopic (exact) mass is 395 g/mol. The number of rotatable bonds is 10. The van der Waals surface area contributed by atoms with Gasteiger partial charge in [0.25, 0.3) is 0 Å². The van der Waals surface area contributed by atoms with Crippen LogP contribution < -0.4 is 10.6 Å². The van der Waals surface area contributed by atoms with Gasteiger partial charge in [-0.25, -0.2) is 0 Å². The third-order valence-corrected chi connectivity index (χ3v) is 5.26. The van der Waals surface area contributed by atoms with Gasteiger partial charge in [-0.05, 0) is 51.0 Å². The molecule has 0 fully saturated rings. The molecule has 0 saturated carbocycles. The van der Waals surface area contributed by atoms with Crippen molar-refractivity contribution < 1.29 is 4.79 Å². The largest absolute Gasteiger partial charge is 0.384 e. The molecule has 4 nitrogen and oxygen atoms in total. The number of carbonyl (C=O) groups is 1. The average Bonchev–Trinajstić information content (AvgIpc) is 2.63. The molecular weight excluding hydrogens is 369 g/mol. The van der Waals surface area contributed by atoms with E-state index in [1.807, 2.05) is 38.1 Å². The van der Waals surface area contributed by atoms with E-state index in [9.17, 15) is 4.79 Å². The molecule has 0 atom stereocenters. The maximum absolute atomic E-state index is 11.9. The van der Waals surface area contributed by atoms with E-state index in [0.29, 0.717) is 17.4 Å². The number of aromatic nitrogens is 1. The van der Waals surface area contributed by atoms with Crippen molar-refractivity contribution in [1.82, 2.24) is 10.3 Å². The van der Waals surface area contributed by atoms with Crippen LogP contribution in [0.25, 0.3) is 10.9 Å². The second-order valence-electron chi connectivity index (χ2n) is 7.13. The van der Waals surface area contributed by atoms with E-state index < -0.39 is 5.41 Å². The molecule has 0 bridgehead atoms. The predicted molar refractivity (Wildman–Crippen MR) is 111 cm³/mol. The fourth-order valence-corrected chi connectivity index (χ4v) is 2.89. The minimum absolute atomic E-state index is 0.0267. The van der Waals surface area contributed by atoms with Gasteiger partial charge in [-0.1, -0.05) is 24.4 Å². The van der Waals surface area contributed by atoms with Gasteiger partial charge in [0.05, 0.1) is 10.9 Å². The highest BCUT2D eigenvalue weighted by molar-refractivity contribution is 6.31. The normalized spacial score (nSPS) is 11.5. The highest BCUT2D eigenvalue weighted by Gasteiger charge is 2.25. The number of amides is 1. The molecule has 2 aromatic rings. The van der Waals surface area contributed by atoms with E-state index in [1.54, 1.807) is 6.20 Å². The highest BCUT2D eigenvalue weighted by Crippen LogP contribution is 2.24. The van der Waals surface area contributed by atoms with Crippen LogP contribution in [0, 0.1) is 5.41 Å². The van der Waals surface area contributed by atoms with Crippen LogP contribution in [0.4, 0.5) is 5.69 Å². The molecular formula is C20H27Cl2N3O. The summed E-state index contributed by atoms with van der Waals surface area (Å²) in [5.41, 5.74) is 1.49. The van der Waals surface area contributed by atoms with E-state index >= 15 is 0 Å². The number of unbranched alkanes of at least 4 members (excludes halogenated alkanes) is 3. The van der Waals surface area contributed by atoms with Crippen molar-refractivity contribution in [3.8, 4) is 0 Å². The summed E-state index contributed by atoms with van der Waals surface area (Å²) in [6, 6.07) is 7.75. The van der Waals surface area contributed by atoms with Crippen LogP contribution in [0.1, 0.15) is 39.5 Å². The van der Waals surface area contributed by atoms with E-state index in [1.165, 1.54) is 0 Å². The number of nitrogens with zero attached hydrogens (tertiary/aromatic N) is 1. The molecule has 0 saturated heterocycles. The SMILES string of the molecule is CC(C)(CCl)C(=O)NCCCCCCNc1ccnc2cc(Cl)ccc12.